The number of anilines is 1. The number of para-hydroxylation sites is 1. The zero-order valence-corrected chi connectivity index (χ0v) is 22.9. The van der Waals surface area contributed by atoms with Gasteiger partial charge in [0.15, 0.2) is 11.6 Å². The van der Waals surface area contributed by atoms with Crippen molar-refractivity contribution in [1.82, 2.24) is 14.8 Å². The standard InChI is InChI=1S/C29H29FN4O5S/c1-38-25-11-8-20(17-23(25)30)19-33-13-15-34(16-14-33)29(35)22-9-10-24(26(18-22)39-2)32-40(36,37)27-7-3-5-21-6-4-12-31-28(21)27/h3-12,17-18,32H,13-16,19H2,1-2H3. The van der Waals surface area contributed by atoms with E-state index >= 15 is 0 Å². The molecule has 1 aliphatic rings. The highest BCUT2D eigenvalue weighted by Crippen LogP contribution is 2.30. The summed E-state index contributed by atoms with van der Waals surface area (Å²) in [6, 6.07) is 18.0. The fourth-order valence-electron chi connectivity index (χ4n) is 4.76. The van der Waals surface area contributed by atoms with Gasteiger partial charge in [-0.2, -0.15) is 0 Å². The van der Waals surface area contributed by atoms with Gasteiger partial charge in [0, 0.05) is 49.9 Å². The van der Waals surface area contributed by atoms with Gasteiger partial charge in [-0.1, -0.05) is 24.3 Å². The molecule has 208 valence electrons. The third kappa shape index (κ3) is 5.70. The molecule has 0 spiro atoms. The predicted octanol–water partition coefficient (Wildman–Crippen LogP) is 4.15. The Morgan fingerprint density at radius 2 is 1.70 bits per heavy atom. The molecule has 1 aromatic heterocycles. The summed E-state index contributed by atoms with van der Waals surface area (Å²) in [6.45, 7) is 2.84. The second kappa shape index (κ2) is 11.5. The van der Waals surface area contributed by atoms with Crippen LogP contribution in [0, 0.1) is 5.82 Å². The van der Waals surface area contributed by atoms with Gasteiger partial charge in [-0.05, 0) is 48.0 Å². The lowest BCUT2D eigenvalue weighted by molar-refractivity contribution is 0.0628. The molecule has 1 fully saturated rings. The van der Waals surface area contributed by atoms with Gasteiger partial charge in [0.25, 0.3) is 15.9 Å². The minimum Gasteiger partial charge on any atom is -0.495 e. The van der Waals surface area contributed by atoms with E-state index in [0.717, 1.165) is 5.56 Å². The Balaban J connectivity index is 1.26. The molecule has 0 bridgehead atoms. The first-order chi connectivity index (χ1) is 19.3. The Morgan fingerprint density at radius 3 is 2.42 bits per heavy atom. The molecule has 4 aromatic rings. The molecule has 0 saturated carbocycles. The van der Waals surface area contributed by atoms with Gasteiger partial charge in [0.05, 0.1) is 25.4 Å². The van der Waals surface area contributed by atoms with Crippen LogP contribution in [0.25, 0.3) is 10.9 Å². The number of pyridine rings is 1. The lowest BCUT2D eigenvalue weighted by Gasteiger charge is -2.35. The van der Waals surface area contributed by atoms with Crippen LogP contribution in [0.15, 0.2) is 77.8 Å². The molecule has 1 aliphatic heterocycles. The minimum atomic E-state index is -3.99. The van der Waals surface area contributed by atoms with E-state index in [-0.39, 0.29) is 28.0 Å². The van der Waals surface area contributed by atoms with Gasteiger partial charge in [-0.15, -0.1) is 0 Å². The first kappa shape index (κ1) is 27.4. The van der Waals surface area contributed by atoms with E-state index in [1.165, 1.54) is 38.5 Å². The summed E-state index contributed by atoms with van der Waals surface area (Å²) in [5.74, 6) is -0.148. The average Bonchev–Trinajstić information content (AvgIpc) is 2.97. The quantitative estimate of drug-likeness (QED) is 0.343. The summed E-state index contributed by atoms with van der Waals surface area (Å²) >= 11 is 0. The summed E-state index contributed by atoms with van der Waals surface area (Å²) in [4.78, 5) is 21.4. The van der Waals surface area contributed by atoms with E-state index < -0.39 is 15.8 Å². The molecule has 0 aliphatic carbocycles. The van der Waals surface area contributed by atoms with Crippen molar-refractivity contribution in [3.05, 3.63) is 89.9 Å². The molecule has 1 N–H and O–H groups in total. The maximum absolute atomic E-state index is 14.0. The van der Waals surface area contributed by atoms with Gasteiger partial charge in [0.1, 0.15) is 10.6 Å². The number of methoxy groups -OCH3 is 2. The number of benzene rings is 3. The van der Waals surface area contributed by atoms with Crippen LogP contribution >= 0.6 is 0 Å². The normalized spacial score (nSPS) is 14.2. The van der Waals surface area contributed by atoms with Crippen LogP contribution in [-0.2, 0) is 16.6 Å². The van der Waals surface area contributed by atoms with Crippen molar-refractivity contribution in [3.8, 4) is 11.5 Å². The summed E-state index contributed by atoms with van der Waals surface area (Å²) in [5.41, 5.74) is 1.79. The molecule has 11 heteroatoms. The minimum absolute atomic E-state index is 0.0445. The number of nitrogens with zero attached hydrogens (tertiary/aromatic N) is 3. The number of aromatic nitrogens is 1. The monoisotopic (exact) mass is 564 g/mol. The average molecular weight is 565 g/mol. The third-order valence-corrected chi connectivity index (χ3v) is 8.26. The largest absolute Gasteiger partial charge is 0.495 e. The van der Waals surface area contributed by atoms with Gasteiger partial charge in [-0.25, -0.2) is 12.8 Å². The molecular formula is C29H29FN4O5S. The van der Waals surface area contributed by atoms with Crippen LogP contribution in [0.3, 0.4) is 0 Å². The lowest BCUT2D eigenvalue weighted by atomic mass is 10.1. The van der Waals surface area contributed by atoms with Crippen molar-refractivity contribution < 1.29 is 27.1 Å². The predicted molar refractivity (Wildman–Crippen MR) is 150 cm³/mol. The van der Waals surface area contributed by atoms with E-state index in [1.807, 2.05) is 6.07 Å². The molecule has 40 heavy (non-hydrogen) atoms. The van der Waals surface area contributed by atoms with Crippen molar-refractivity contribution in [2.75, 3.05) is 45.1 Å². The van der Waals surface area contributed by atoms with Gasteiger partial charge in [-0.3, -0.25) is 19.4 Å². The number of hydrogen-bond donors (Lipinski definition) is 1. The Hall–Kier alpha value is -4.22. The number of sulfonamides is 1. The Labute approximate surface area is 232 Å². The number of halogens is 1. The molecule has 0 atom stereocenters. The molecule has 3 aromatic carbocycles. The van der Waals surface area contributed by atoms with Crippen molar-refractivity contribution in [2.45, 2.75) is 11.4 Å². The van der Waals surface area contributed by atoms with E-state index in [2.05, 4.69) is 14.6 Å². The number of amides is 1. The molecule has 5 rings (SSSR count). The van der Waals surface area contributed by atoms with Gasteiger partial charge < -0.3 is 14.4 Å². The Kier molecular flexibility index (Phi) is 7.85. The highest BCUT2D eigenvalue weighted by atomic mass is 32.2. The first-order valence-corrected chi connectivity index (χ1v) is 14.2. The van der Waals surface area contributed by atoms with Crippen molar-refractivity contribution in [1.29, 1.82) is 0 Å². The number of carbonyl (C=O) groups excluding carboxylic acids is 1. The number of carbonyl (C=O) groups is 1. The molecule has 2 heterocycles. The van der Waals surface area contributed by atoms with Crippen LogP contribution in [0.4, 0.5) is 10.1 Å². The van der Waals surface area contributed by atoms with Crippen molar-refractivity contribution >= 4 is 32.5 Å². The van der Waals surface area contributed by atoms with E-state index in [9.17, 15) is 17.6 Å². The second-order valence-electron chi connectivity index (χ2n) is 9.39. The summed E-state index contributed by atoms with van der Waals surface area (Å²) < 4.78 is 53.5. The molecule has 1 amide bonds. The van der Waals surface area contributed by atoms with E-state index in [4.69, 9.17) is 9.47 Å². The van der Waals surface area contributed by atoms with Crippen LogP contribution in [0.5, 0.6) is 11.5 Å². The maximum atomic E-state index is 14.0. The summed E-state index contributed by atoms with van der Waals surface area (Å²) in [7, 11) is -1.14. The molecular weight excluding hydrogens is 535 g/mol. The van der Waals surface area contributed by atoms with Crippen LogP contribution in [-0.4, -0.2) is 69.5 Å². The fraction of sp³-hybridized carbons (Fsp3) is 0.241. The van der Waals surface area contributed by atoms with Gasteiger partial charge >= 0.3 is 0 Å². The van der Waals surface area contributed by atoms with E-state index in [1.54, 1.807) is 47.5 Å². The summed E-state index contributed by atoms with van der Waals surface area (Å²) in [5, 5.41) is 0.703. The van der Waals surface area contributed by atoms with Crippen LogP contribution in [0.2, 0.25) is 0 Å². The van der Waals surface area contributed by atoms with Gasteiger partial charge in [0.2, 0.25) is 0 Å². The highest BCUT2D eigenvalue weighted by molar-refractivity contribution is 7.93. The highest BCUT2D eigenvalue weighted by Gasteiger charge is 2.25. The number of fused-ring (bicyclic) bond motifs is 1. The van der Waals surface area contributed by atoms with E-state index in [0.29, 0.717) is 49.2 Å². The summed E-state index contributed by atoms with van der Waals surface area (Å²) in [6.07, 6.45) is 1.54. The van der Waals surface area contributed by atoms with Crippen LogP contribution in [0.1, 0.15) is 15.9 Å². The fourth-order valence-corrected chi connectivity index (χ4v) is 6.01. The SMILES string of the molecule is COc1ccc(CN2CCN(C(=O)c3ccc(NS(=O)(=O)c4cccc5cccnc45)c(OC)c3)CC2)cc1F. The number of piperazine rings is 1. The Morgan fingerprint density at radius 1 is 0.950 bits per heavy atom. The zero-order valence-electron chi connectivity index (χ0n) is 22.1. The smallest absolute Gasteiger partial charge is 0.264 e. The van der Waals surface area contributed by atoms with Crippen LogP contribution < -0.4 is 14.2 Å². The number of hydrogen-bond acceptors (Lipinski definition) is 7. The lowest BCUT2D eigenvalue weighted by Crippen LogP contribution is -2.48. The molecule has 0 radical (unpaired) electrons. The first-order valence-electron chi connectivity index (χ1n) is 12.7. The van der Waals surface area contributed by atoms with Crippen molar-refractivity contribution in [2.24, 2.45) is 0 Å². The zero-order chi connectivity index (χ0) is 28.3. The van der Waals surface area contributed by atoms with Crippen molar-refractivity contribution in [3.63, 3.8) is 0 Å². The number of rotatable bonds is 8. The molecule has 9 nitrogen and oxygen atoms in total. The third-order valence-electron chi connectivity index (χ3n) is 6.86. The molecule has 0 unspecified atom stereocenters. The second-order valence-corrected chi connectivity index (χ2v) is 11.0. The maximum Gasteiger partial charge on any atom is 0.264 e. The Bertz CT molecular complexity index is 1650. The topological polar surface area (TPSA) is 101 Å². The molecule has 1 saturated heterocycles. The number of nitrogens with one attached hydrogen (secondary N) is 1. The number of ether oxygens (including phenoxy) is 2.